The van der Waals surface area contributed by atoms with Crippen LogP contribution in [0.3, 0.4) is 0 Å². The normalized spacial score (nSPS) is 10.5. The van der Waals surface area contributed by atoms with Gasteiger partial charge in [-0.25, -0.2) is 9.67 Å². The molecule has 0 spiro atoms. The van der Waals surface area contributed by atoms with Gasteiger partial charge in [0.05, 0.1) is 23.8 Å². The van der Waals surface area contributed by atoms with Crippen LogP contribution >= 0.6 is 0 Å². The summed E-state index contributed by atoms with van der Waals surface area (Å²) >= 11 is 0. The van der Waals surface area contributed by atoms with E-state index in [0.29, 0.717) is 0 Å². The first-order valence-electron chi connectivity index (χ1n) is 5.80. The van der Waals surface area contributed by atoms with Gasteiger partial charge >= 0.3 is 0 Å². The van der Waals surface area contributed by atoms with Crippen molar-refractivity contribution in [2.45, 2.75) is 27.2 Å². The van der Waals surface area contributed by atoms with Crippen molar-refractivity contribution in [3.8, 4) is 5.69 Å². The van der Waals surface area contributed by atoms with Crippen molar-refractivity contribution in [1.29, 1.82) is 0 Å². The lowest BCUT2D eigenvalue weighted by Gasteiger charge is -2.07. The predicted octanol–water partition coefficient (Wildman–Crippen LogP) is 2.10. The lowest BCUT2D eigenvalue weighted by molar-refractivity contribution is 0.826. The summed E-state index contributed by atoms with van der Waals surface area (Å²) in [5.41, 5.74) is 1.95. The number of anilines is 1. The minimum Gasteiger partial charge on any atom is -0.384 e. The summed E-state index contributed by atoms with van der Waals surface area (Å²) in [6.45, 7) is 6.90. The predicted molar refractivity (Wildman–Crippen MR) is 67.4 cm³/mol. The molecule has 5 heteroatoms. The molecule has 5 nitrogen and oxygen atoms in total. The van der Waals surface area contributed by atoms with Gasteiger partial charge in [0.2, 0.25) is 0 Å². The van der Waals surface area contributed by atoms with Gasteiger partial charge in [-0.15, -0.1) is 0 Å². The molecule has 0 saturated heterocycles. The molecule has 2 rings (SSSR count). The lowest BCUT2D eigenvalue weighted by Crippen LogP contribution is -2.04. The topological polar surface area (TPSA) is 55.6 Å². The van der Waals surface area contributed by atoms with Crippen molar-refractivity contribution in [1.82, 2.24) is 19.7 Å². The Hall–Kier alpha value is -1.91. The maximum absolute atomic E-state index is 4.34. The van der Waals surface area contributed by atoms with Crippen LogP contribution in [0.25, 0.3) is 5.69 Å². The van der Waals surface area contributed by atoms with Gasteiger partial charge in [-0.3, -0.25) is 4.98 Å². The molecule has 0 radical (unpaired) electrons. The molecule has 2 heterocycles. The van der Waals surface area contributed by atoms with Gasteiger partial charge in [0, 0.05) is 6.54 Å². The molecule has 0 amide bonds. The summed E-state index contributed by atoms with van der Waals surface area (Å²) < 4.78 is 1.81. The van der Waals surface area contributed by atoms with Crippen molar-refractivity contribution in [2.24, 2.45) is 0 Å². The van der Waals surface area contributed by atoms with E-state index in [1.807, 2.05) is 26.1 Å². The molecule has 1 N–H and O–H groups in total. The third-order valence-corrected chi connectivity index (χ3v) is 2.42. The van der Waals surface area contributed by atoms with Crippen LogP contribution in [0.15, 0.2) is 18.5 Å². The van der Waals surface area contributed by atoms with E-state index in [4.69, 9.17) is 0 Å². The van der Waals surface area contributed by atoms with Gasteiger partial charge in [-0.05, 0) is 26.3 Å². The number of aryl methyl sites for hydroxylation is 2. The van der Waals surface area contributed by atoms with E-state index in [-0.39, 0.29) is 0 Å². The van der Waals surface area contributed by atoms with Gasteiger partial charge in [0.1, 0.15) is 11.6 Å². The largest absolute Gasteiger partial charge is 0.384 e. The average molecular weight is 231 g/mol. The molecule has 90 valence electrons. The fourth-order valence-electron chi connectivity index (χ4n) is 1.68. The third kappa shape index (κ3) is 2.61. The highest BCUT2D eigenvalue weighted by atomic mass is 15.3. The molecular weight excluding hydrogens is 214 g/mol. The number of nitrogens with one attached hydrogen (secondary N) is 1. The van der Waals surface area contributed by atoms with Gasteiger partial charge in [0.25, 0.3) is 0 Å². The number of rotatable bonds is 4. The molecule has 2 aromatic rings. The summed E-state index contributed by atoms with van der Waals surface area (Å²) in [4.78, 5) is 8.50. The Bertz CT molecular complexity index is 503. The zero-order chi connectivity index (χ0) is 12.3. The van der Waals surface area contributed by atoms with E-state index in [9.17, 15) is 0 Å². The monoisotopic (exact) mass is 231 g/mol. The molecule has 0 unspecified atom stereocenters. The van der Waals surface area contributed by atoms with Crippen molar-refractivity contribution in [2.75, 3.05) is 11.9 Å². The summed E-state index contributed by atoms with van der Waals surface area (Å²) in [5, 5.41) is 7.65. The molecule has 0 saturated carbocycles. The van der Waals surface area contributed by atoms with Crippen molar-refractivity contribution in [3.63, 3.8) is 0 Å². The second-order valence-corrected chi connectivity index (χ2v) is 3.98. The van der Waals surface area contributed by atoms with Crippen molar-refractivity contribution >= 4 is 5.69 Å². The number of pyridine rings is 1. The first-order chi connectivity index (χ1) is 8.20. The Morgan fingerprint density at radius 3 is 2.76 bits per heavy atom. The molecule has 0 aromatic carbocycles. The third-order valence-electron chi connectivity index (χ3n) is 2.42. The van der Waals surface area contributed by atoms with Crippen molar-refractivity contribution in [3.05, 3.63) is 30.1 Å². The maximum atomic E-state index is 4.34. The molecule has 0 aliphatic carbocycles. The zero-order valence-electron chi connectivity index (χ0n) is 10.4. The van der Waals surface area contributed by atoms with E-state index >= 15 is 0 Å². The summed E-state index contributed by atoms with van der Waals surface area (Å²) in [6, 6.07) is 2.03. The Morgan fingerprint density at radius 1 is 1.29 bits per heavy atom. The quantitative estimate of drug-likeness (QED) is 0.875. The molecule has 0 bridgehead atoms. The molecule has 0 fully saturated rings. The van der Waals surface area contributed by atoms with E-state index in [1.165, 1.54) is 0 Å². The Labute approximate surface area is 101 Å². The van der Waals surface area contributed by atoms with Crippen LogP contribution < -0.4 is 5.32 Å². The summed E-state index contributed by atoms with van der Waals surface area (Å²) in [5.74, 6) is 1.64. The van der Waals surface area contributed by atoms with Crippen LogP contribution in [0.1, 0.15) is 25.0 Å². The second-order valence-electron chi connectivity index (χ2n) is 3.98. The van der Waals surface area contributed by atoms with Gasteiger partial charge in [-0.1, -0.05) is 6.92 Å². The maximum Gasteiger partial charge on any atom is 0.148 e. The van der Waals surface area contributed by atoms with E-state index < -0.39 is 0 Å². The molecular formula is C12H17N5. The summed E-state index contributed by atoms with van der Waals surface area (Å²) in [7, 11) is 0. The van der Waals surface area contributed by atoms with Gasteiger partial charge in [-0.2, -0.15) is 5.10 Å². The van der Waals surface area contributed by atoms with Crippen LogP contribution in [0.5, 0.6) is 0 Å². The number of hydrogen-bond donors (Lipinski definition) is 1. The second kappa shape index (κ2) is 4.95. The van der Waals surface area contributed by atoms with E-state index in [0.717, 1.165) is 36.0 Å². The lowest BCUT2D eigenvalue weighted by atomic mass is 10.3. The average Bonchev–Trinajstić information content (AvgIpc) is 2.66. The highest BCUT2D eigenvalue weighted by Gasteiger charge is 2.05. The minimum atomic E-state index is 0.773. The molecule has 0 atom stereocenters. The van der Waals surface area contributed by atoms with E-state index in [2.05, 4.69) is 27.3 Å². The van der Waals surface area contributed by atoms with Crippen molar-refractivity contribution < 1.29 is 0 Å². The first-order valence-corrected chi connectivity index (χ1v) is 5.80. The Kier molecular flexibility index (Phi) is 3.37. The molecule has 17 heavy (non-hydrogen) atoms. The standard InChI is InChI=1S/C12H17N5/c1-4-5-14-11-6-12(8-13-7-11)17-10(3)15-9(2)16-17/h6-8,14H,4-5H2,1-3H3. The minimum absolute atomic E-state index is 0.773. The number of hydrogen-bond acceptors (Lipinski definition) is 4. The van der Waals surface area contributed by atoms with Crippen LogP contribution in [-0.4, -0.2) is 26.3 Å². The van der Waals surface area contributed by atoms with Crippen LogP contribution in [0.2, 0.25) is 0 Å². The van der Waals surface area contributed by atoms with Crippen LogP contribution in [0, 0.1) is 13.8 Å². The molecule has 0 aliphatic rings. The van der Waals surface area contributed by atoms with Crippen LogP contribution in [0.4, 0.5) is 5.69 Å². The molecule has 2 aromatic heterocycles. The van der Waals surface area contributed by atoms with E-state index in [1.54, 1.807) is 10.9 Å². The zero-order valence-corrected chi connectivity index (χ0v) is 10.4. The first kappa shape index (κ1) is 11.6. The number of aromatic nitrogens is 4. The fraction of sp³-hybridized carbons (Fsp3) is 0.417. The fourth-order valence-corrected chi connectivity index (χ4v) is 1.68. The Morgan fingerprint density at radius 2 is 2.12 bits per heavy atom. The SMILES string of the molecule is CCCNc1cncc(-n2nc(C)nc2C)c1. The highest BCUT2D eigenvalue weighted by molar-refractivity contribution is 5.48. The van der Waals surface area contributed by atoms with Gasteiger partial charge < -0.3 is 5.32 Å². The smallest absolute Gasteiger partial charge is 0.148 e. The highest BCUT2D eigenvalue weighted by Crippen LogP contribution is 2.13. The summed E-state index contributed by atoms with van der Waals surface area (Å²) in [6.07, 6.45) is 4.70. The van der Waals surface area contributed by atoms with Gasteiger partial charge in [0.15, 0.2) is 0 Å². The Balaban J connectivity index is 2.29. The van der Waals surface area contributed by atoms with Crippen LogP contribution in [-0.2, 0) is 0 Å². The number of nitrogens with zero attached hydrogens (tertiary/aromatic N) is 4. The molecule has 0 aliphatic heterocycles.